The molecule has 0 bridgehead atoms. The summed E-state index contributed by atoms with van der Waals surface area (Å²) in [6, 6.07) is 0. The zero-order valence-corrected chi connectivity index (χ0v) is 13.4. The number of nitro groups is 1. The van der Waals surface area contributed by atoms with Crippen molar-refractivity contribution in [2.24, 2.45) is 7.05 Å². The molecule has 0 saturated heterocycles. The quantitative estimate of drug-likeness (QED) is 0.572. The van der Waals surface area contributed by atoms with Gasteiger partial charge in [0.25, 0.3) is 5.91 Å². The minimum absolute atomic E-state index is 0.0420. The van der Waals surface area contributed by atoms with Crippen molar-refractivity contribution in [3.63, 3.8) is 0 Å². The van der Waals surface area contributed by atoms with Gasteiger partial charge in [-0.25, -0.2) is 0 Å². The van der Waals surface area contributed by atoms with Crippen LogP contribution in [-0.2, 0) is 18.4 Å². The Hall–Kier alpha value is -3.24. The van der Waals surface area contributed by atoms with Crippen LogP contribution in [0.2, 0.25) is 0 Å². The van der Waals surface area contributed by atoms with Gasteiger partial charge in [-0.1, -0.05) is 0 Å². The van der Waals surface area contributed by atoms with Crippen LogP contribution in [0.1, 0.15) is 22.6 Å². The van der Waals surface area contributed by atoms with Crippen molar-refractivity contribution < 1.29 is 14.5 Å². The third-order valence-electron chi connectivity index (χ3n) is 3.23. The molecule has 11 nitrogen and oxygen atoms in total. The molecule has 0 fully saturated rings. The summed E-state index contributed by atoms with van der Waals surface area (Å²) in [6.07, 6.45) is 2.84. The van der Waals surface area contributed by atoms with Crippen molar-refractivity contribution >= 4 is 23.2 Å². The van der Waals surface area contributed by atoms with Gasteiger partial charge in [0, 0.05) is 33.3 Å². The van der Waals surface area contributed by atoms with Gasteiger partial charge in [0.05, 0.1) is 10.6 Å². The Morgan fingerprint density at radius 2 is 2.04 bits per heavy atom. The molecule has 0 aromatic carbocycles. The zero-order chi connectivity index (χ0) is 17.9. The molecule has 0 aliphatic rings. The molecule has 2 aromatic heterocycles. The van der Waals surface area contributed by atoms with Gasteiger partial charge in [0.2, 0.25) is 5.91 Å². The molecule has 0 aliphatic heterocycles. The average molecular weight is 335 g/mol. The second-order valence-electron chi connectivity index (χ2n) is 5.06. The van der Waals surface area contributed by atoms with Crippen molar-refractivity contribution in [2.45, 2.75) is 19.9 Å². The number of nitrogens with one attached hydrogen (secondary N) is 2. The summed E-state index contributed by atoms with van der Waals surface area (Å²) in [5.41, 5.74) is 0.600. The van der Waals surface area contributed by atoms with E-state index in [2.05, 4.69) is 20.8 Å². The fraction of sp³-hybridized carbons (Fsp3) is 0.385. The predicted molar refractivity (Wildman–Crippen MR) is 83.5 cm³/mol. The van der Waals surface area contributed by atoms with E-state index in [-0.39, 0.29) is 35.9 Å². The lowest BCUT2D eigenvalue weighted by atomic mass is 10.3. The first-order valence-corrected chi connectivity index (χ1v) is 7.05. The summed E-state index contributed by atoms with van der Waals surface area (Å²) in [4.78, 5) is 34.0. The molecule has 2 amide bonds. The fourth-order valence-electron chi connectivity index (χ4n) is 2.10. The topological polar surface area (TPSA) is 137 Å². The molecule has 2 N–H and O–H groups in total. The van der Waals surface area contributed by atoms with Crippen LogP contribution in [0, 0.1) is 17.0 Å². The molecule has 24 heavy (non-hydrogen) atoms. The SMILES string of the molecule is CNC(=O)c1nn(C)cc1NC(=O)CCn1cc([N+](=O)[O-])c(C)n1. The van der Waals surface area contributed by atoms with Crippen molar-refractivity contribution in [1.82, 2.24) is 24.9 Å². The third kappa shape index (κ3) is 3.74. The lowest BCUT2D eigenvalue weighted by Crippen LogP contribution is -2.22. The van der Waals surface area contributed by atoms with E-state index in [1.54, 1.807) is 7.05 Å². The van der Waals surface area contributed by atoms with Crippen molar-refractivity contribution in [1.29, 1.82) is 0 Å². The average Bonchev–Trinajstić information content (AvgIpc) is 3.07. The molecule has 128 valence electrons. The Balaban J connectivity index is 2.00. The van der Waals surface area contributed by atoms with E-state index in [0.717, 1.165) is 0 Å². The van der Waals surface area contributed by atoms with Crippen molar-refractivity contribution in [2.75, 3.05) is 12.4 Å². The molecule has 0 atom stereocenters. The minimum atomic E-state index is -0.524. The highest BCUT2D eigenvalue weighted by Gasteiger charge is 2.18. The van der Waals surface area contributed by atoms with Gasteiger partial charge in [-0.3, -0.25) is 29.1 Å². The smallest absolute Gasteiger partial charge is 0.309 e. The molecule has 0 spiro atoms. The Morgan fingerprint density at radius 3 is 2.62 bits per heavy atom. The van der Waals surface area contributed by atoms with Crippen LogP contribution in [0.5, 0.6) is 0 Å². The van der Waals surface area contributed by atoms with E-state index in [1.165, 1.54) is 35.7 Å². The standard InChI is InChI=1S/C13H17N7O4/c1-8-10(20(23)24)7-19(16-8)5-4-11(21)15-9-6-18(3)17-12(9)13(22)14-2/h6-7H,4-5H2,1-3H3,(H,14,22)(H,15,21). The molecule has 2 heterocycles. The van der Waals surface area contributed by atoms with Crippen molar-refractivity contribution in [3.05, 3.63) is 33.9 Å². The molecule has 0 radical (unpaired) electrons. The Labute approximate surface area is 136 Å². The summed E-state index contributed by atoms with van der Waals surface area (Å²) >= 11 is 0. The Bertz CT molecular complexity index is 792. The van der Waals surface area contributed by atoms with Crippen LogP contribution in [0.15, 0.2) is 12.4 Å². The highest BCUT2D eigenvalue weighted by molar-refractivity contribution is 6.02. The monoisotopic (exact) mass is 335 g/mol. The van der Waals surface area contributed by atoms with Gasteiger partial charge in [-0.05, 0) is 6.92 Å². The molecular weight excluding hydrogens is 318 g/mol. The molecule has 0 saturated carbocycles. The molecular formula is C13H17N7O4. The molecule has 2 aromatic rings. The maximum atomic E-state index is 12.0. The Morgan fingerprint density at radius 1 is 1.33 bits per heavy atom. The lowest BCUT2D eigenvalue weighted by molar-refractivity contribution is -0.385. The van der Waals surface area contributed by atoms with Gasteiger partial charge in [-0.2, -0.15) is 10.2 Å². The lowest BCUT2D eigenvalue weighted by Gasteiger charge is -2.04. The van der Waals surface area contributed by atoms with E-state index >= 15 is 0 Å². The molecule has 0 aliphatic carbocycles. The number of rotatable bonds is 6. The molecule has 2 rings (SSSR count). The third-order valence-corrected chi connectivity index (χ3v) is 3.23. The minimum Gasteiger partial charge on any atom is -0.354 e. The summed E-state index contributed by atoms with van der Waals surface area (Å²) in [5, 5.41) is 23.8. The second kappa shape index (κ2) is 6.89. The first kappa shape index (κ1) is 17.1. The number of anilines is 1. The van der Waals surface area contributed by atoms with E-state index in [4.69, 9.17) is 0 Å². The number of amides is 2. The van der Waals surface area contributed by atoms with E-state index in [0.29, 0.717) is 5.69 Å². The van der Waals surface area contributed by atoms with Crippen molar-refractivity contribution in [3.8, 4) is 0 Å². The first-order chi connectivity index (χ1) is 11.3. The maximum absolute atomic E-state index is 12.0. The molecule has 0 unspecified atom stereocenters. The van der Waals surface area contributed by atoms with Gasteiger partial charge < -0.3 is 10.6 Å². The number of nitrogens with zero attached hydrogens (tertiary/aromatic N) is 5. The predicted octanol–water partition coefficient (Wildman–Crippen LogP) is 0.222. The second-order valence-corrected chi connectivity index (χ2v) is 5.06. The number of hydrogen-bond acceptors (Lipinski definition) is 6. The number of carbonyl (C=O) groups is 2. The van der Waals surface area contributed by atoms with Crippen LogP contribution < -0.4 is 10.6 Å². The highest BCUT2D eigenvalue weighted by atomic mass is 16.6. The molecule has 11 heteroatoms. The number of carbonyl (C=O) groups excluding carboxylic acids is 2. The number of hydrogen-bond donors (Lipinski definition) is 2. The largest absolute Gasteiger partial charge is 0.354 e. The maximum Gasteiger partial charge on any atom is 0.309 e. The fourth-order valence-corrected chi connectivity index (χ4v) is 2.10. The van der Waals surface area contributed by atoms with Crippen LogP contribution in [0.4, 0.5) is 11.4 Å². The summed E-state index contributed by atoms with van der Waals surface area (Å²) in [5.74, 6) is -0.770. The van der Waals surface area contributed by atoms with Crippen LogP contribution >= 0.6 is 0 Å². The van der Waals surface area contributed by atoms with Crippen LogP contribution in [0.3, 0.4) is 0 Å². The number of aryl methyl sites for hydroxylation is 3. The van der Waals surface area contributed by atoms with Gasteiger partial charge in [-0.15, -0.1) is 0 Å². The van der Waals surface area contributed by atoms with E-state index in [1.807, 2.05) is 0 Å². The Kier molecular flexibility index (Phi) is 4.92. The number of aromatic nitrogens is 4. The highest BCUT2D eigenvalue weighted by Crippen LogP contribution is 2.16. The van der Waals surface area contributed by atoms with Gasteiger partial charge in [0.15, 0.2) is 5.69 Å². The van der Waals surface area contributed by atoms with E-state index in [9.17, 15) is 19.7 Å². The van der Waals surface area contributed by atoms with Gasteiger partial charge >= 0.3 is 5.69 Å². The van der Waals surface area contributed by atoms with E-state index < -0.39 is 10.8 Å². The zero-order valence-electron chi connectivity index (χ0n) is 13.4. The van der Waals surface area contributed by atoms with Gasteiger partial charge in [0.1, 0.15) is 11.9 Å². The van der Waals surface area contributed by atoms with Crippen LogP contribution in [0.25, 0.3) is 0 Å². The first-order valence-electron chi connectivity index (χ1n) is 7.05. The summed E-state index contributed by atoms with van der Waals surface area (Å²) in [7, 11) is 3.10. The van der Waals surface area contributed by atoms with Crippen LogP contribution in [-0.4, -0.2) is 43.3 Å². The normalized spacial score (nSPS) is 10.5. The summed E-state index contributed by atoms with van der Waals surface area (Å²) < 4.78 is 2.76. The summed E-state index contributed by atoms with van der Waals surface area (Å²) in [6.45, 7) is 1.70.